The molecule has 1 aliphatic heterocycles. The fraction of sp³-hybridized carbons (Fsp3) is 0.857. The number of nitrogens with zero attached hydrogens (tertiary/aromatic N) is 1. The minimum atomic E-state index is -0.799. The van der Waals surface area contributed by atoms with E-state index < -0.39 is 5.97 Å². The van der Waals surface area contributed by atoms with E-state index in [-0.39, 0.29) is 31.1 Å². The lowest BCUT2D eigenvalue weighted by molar-refractivity contribution is -0.137. The van der Waals surface area contributed by atoms with Gasteiger partial charge >= 0.3 is 12.0 Å². The SMILES string of the molecule is CC(CCCC(=O)O)NC(=O)N1CCCC1CCCO. The van der Waals surface area contributed by atoms with Crippen molar-refractivity contribution < 1.29 is 19.8 Å². The second kappa shape index (κ2) is 8.79. The van der Waals surface area contributed by atoms with Crippen LogP contribution in [0, 0.1) is 0 Å². The summed E-state index contributed by atoms with van der Waals surface area (Å²) in [6.45, 7) is 2.83. The highest BCUT2D eigenvalue weighted by Gasteiger charge is 2.28. The monoisotopic (exact) mass is 286 g/mol. The third-order valence-corrected chi connectivity index (χ3v) is 3.73. The Morgan fingerprint density at radius 1 is 1.40 bits per heavy atom. The third-order valence-electron chi connectivity index (χ3n) is 3.73. The number of hydrogen-bond donors (Lipinski definition) is 3. The van der Waals surface area contributed by atoms with E-state index in [4.69, 9.17) is 10.2 Å². The van der Waals surface area contributed by atoms with Crippen molar-refractivity contribution in [2.45, 2.75) is 64.0 Å². The summed E-state index contributed by atoms with van der Waals surface area (Å²) in [5.74, 6) is -0.799. The zero-order valence-electron chi connectivity index (χ0n) is 12.2. The van der Waals surface area contributed by atoms with Crippen molar-refractivity contribution in [2.24, 2.45) is 0 Å². The molecule has 0 aliphatic carbocycles. The van der Waals surface area contributed by atoms with Gasteiger partial charge in [-0.2, -0.15) is 0 Å². The van der Waals surface area contributed by atoms with Gasteiger partial charge < -0.3 is 20.4 Å². The lowest BCUT2D eigenvalue weighted by Gasteiger charge is -2.26. The molecule has 116 valence electrons. The summed E-state index contributed by atoms with van der Waals surface area (Å²) in [6.07, 6.45) is 4.97. The Kier molecular flexibility index (Phi) is 7.36. The number of likely N-dealkylation sites (tertiary alicyclic amines) is 1. The maximum absolute atomic E-state index is 12.2. The Bertz CT molecular complexity index is 322. The van der Waals surface area contributed by atoms with Crippen LogP contribution in [-0.2, 0) is 4.79 Å². The normalized spacial score (nSPS) is 19.9. The van der Waals surface area contributed by atoms with Gasteiger partial charge in [0.15, 0.2) is 0 Å². The number of carboxylic acids is 1. The first-order valence-corrected chi connectivity index (χ1v) is 7.44. The van der Waals surface area contributed by atoms with Crippen molar-refractivity contribution in [3.8, 4) is 0 Å². The number of nitrogens with one attached hydrogen (secondary N) is 1. The average molecular weight is 286 g/mol. The van der Waals surface area contributed by atoms with Gasteiger partial charge in [-0.05, 0) is 45.4 Å². The van der Waals surface area contributed by atoms with Gasteiger partial charge in [0.25, 0.3) is 0 Å². The van der Waals surface area contributed by atoms with Crippen LogP contribution in [0.5, 0.6) is 0 Å². The second-order valence-corrected chi connectivity index (χ2v) is 5.49. The molecule has 2 amide bonds. The van der Waals surface area contributed by atoms with E-state index in [1.165, 1.54) is 0 Å². The van der Waals surface area contributed by atoms with E-state index in [1.807, 2.05) is 11.8 Å². The van der Waals surface area contributed by atoms with Crippen molar-refractivity contribution in [3.63, 3.8) is 0 Å². The van der Waals surface area contributed by atoms with Gasteiger partial charge in [-0.25, -0.2) is 4.79 Å². The van der Waals surface area contributed by atoms with Crippen molar-refractivity contribution in [1.29, 1.82) is 0 Å². The zero-order chi connectivity index (χ0) is 15.0. The maximum Gasteiger partial charge on any atom is 0.317 e. The summed E-state index contributed by atoms with van der Waals surface area (Å²) >= 11 is 0. The Balaban J connectivity index is 2.31. The van der Waals surface area contributed by atoms with Gasteiger partial charge in [0.1, 0.15) is 0 Å². The molecule has 0 spiro atoms. The van der Waals surface area contributed by atoms with Gasteiger partial charge in [-0.3, -0.25) is 4.79 Å². The van der Waals surface area contributed by atoms with Crippen LogP contribution in [0.2, 0.25) is 0 Å². The van der Waals surface area contributed by atoms with Crippen molar-refractivity contribution in [3.05, 3.63) is 0 Å². The molecule has 1 heterocycles. The lowest BCUT2D eigenvalue weighted by Crippen LogP contribution is -2.46. The first kappa shape index (κ1) is 16.8. The molecule has 0 aromatic rings. The number of amides is 2. The first-order valence-electron chi connectivity index (χ1n) is 7.44. The van der Waals surface area contributed by atoms with E-state index >= 15 is 0 Å². The van der Waals surface area contributed by atoms with Gasteiger partial charge in [-0.1, -0.05) is 0 Å². The predicted molar refractivity (Wildman–Crippen MR) is 75.5 cm³/mol. The molecule has 2 unspecified atom stereocenters. The lowest BCUT2D eigenvalue weighted by atomic mass is 10.1. The molecule has 0 aromatic carbocycles. The van der Waals surface area contributed by atoms with E-state index in [0.29, 0.717) is 12.8 Å². The number of carboxylic acid groups (broad SMARTS) is 1. The largest absolute Gasteiger partial charge is 0.481 e. The average Bonchev–Trinajstić information content (AvgIpc) is 2.84. The second-order valence-electron chi connectivity index (χ2n) is 5.49. The third kappa shape index (κ3) is 5.77. The molecule has 0 bridgehead atoms. The van der Waals surface area contributed by atoms with Crippen molar-refractivity contribution >= 4 is 12.0 Å². The highest BCUT2D eigenvalue weighted by Crippen LogP contribution is 2.21. The molecular formula is C14H26N2O4. The van der Waals surface area contributed by atoms with Crippen LogP contribution in [0.4, 0.5) is 4.79 Å². The minimum absolute atomic E-state index is 0.0130. The molecule has 1 fully saturated rings. The minimum Gasteiger partial charge on any atom is -0.481 e. The molecule has 0 aromatic heterocycles. The Labute approximate surface area is 120 Å². The molecule has 1 saturated heterocycles. The topological polar surface area (TPSA) is 89.9 Å². The molecule has 1 aliphatic rings. The summed E-state index contributed by atoms with van der Waals surface area (Å²) in [5, 5.41) is 20.4. The fourth-order valence-corrected chi connectivity index (χ4v) is 2.66. The molecule has 0 radical (unpaired) electrons. The highest BCUT2D eigenvalue weighted by molar-refractivity contribution is 5.75. The molecule has 3 N–H and O–H groups in total. The standard InChI is InChI=1S/C14H26N2O4/c1-11(5-2-8-13(18)19)15-14(20)16-9-3-6-12(16)7-4-10-17/h11-12,17H,2-10H2,1H3,(H,15,20)(H,18,19). The zero-order valence-corrected chi connectivity index (χ0v) is 12.2. The van der Waals surface area contributed by atoms with Crippen molar-refractivity contribution in [2.75, 3.05) is 13.2 Å². The smallest absolute Gasteiger partial charge is 0.317 e. The molecule has 2 atom stereocenters. The number of carbonyl (C=O) groups is 2. The summed E-state index contributed by atoms with van der Waals surface area (Å²) in [6, 6.07) is 0.155. The number of aliphatic carboxylic acids is 1. The number of urea groups is 1. The predicted octanol–water partition coefficient (Wildman–Crippen LogP) is 1.58. The van der Waals surface area contributed by atoms with Crippen LogP contribution in [-0.4, -0.2) is 52.3 Å². The van der Waals surface area contributed by atoms with E-state index in [0.717, 1.165) is 32.2 Å². The summed E-state index contributed by atoms with van der Waals surface area (Å²) in [4.78, 5) is 24.5. The number of aliphatic hydroxyl groups excluding tert-OH is 1. The van der Waals surface area contributed by atoms with Crippen molar-refractivity contribution in [1.82, 2.24) is 10.2 Å². The summed E-state index contributed by atoms with van der Waals surface area (Å²) in [5.41, 5.74) is 0. The van der Waals surface area contributed by atoms with Crippen LogP contribution in [0.1, 0.15) is 51.9 Å². The van der Waals surface area contributed by atoms with Crippen LogP contribution in [0.3, 0.4) is 0 Å². The quantitative estimate of drug-likeness (QED) is 0.632. The van der Waals surface area contributed by atoms with E-state index in [1.54, 1.807) is 0 Å². The van der Waals surface area contributed by atoms with Gasteiger partial charge in [0, 0.05) is 31.7 Å². The van der Waals surface area contributed by atoms with E-state index in [9.17, 15) is 9.59 Å². The van der Waals surface area contributed by atoms with Gasteiger partial charge in [-0.15, -0.1) is 0 Å². The fourth-order valence-electron chi connectivity index (χ4n) is 2.66. The molecule has 20 heavy (non-hydrogen) atoms. The summed E-state index contributed by atoms with van der Waals surface area (Å²) < 4.78 is 0. The van der Waals surface area contributed by atoms with Crippen LogP contribution < -0.4 is 5.32 Å². The number of rotatable bonds is 8. The molecule has 6 heteroatoms. The highest BCUT2D eigenvalue weighted by atomic mass is 16.4. The number of hydrogen-bond acceptors (Lipinski definition) is 3. The van der Waals surface area contributed by atoms with Crippen LogP contribution in [0.15, 0.2) is 0 Å². The first-order chi connectivity index (χ1) is 9.54. The maximum atomic E-state index is 12.2. The van der Waals surface area contributed by atoms with E-state index in [2.05, 4.69) is 5.32 Å². The van der Waals surface area contributed by atoms with Crippen LogP contribution >= 0.6 is 0 Å². The molecule has 6 nitrogen and oxygen atoms in total. The Morgan fingerprint density at radius 3 is 2.80 bits per heavy atom. The molecule has 1 rings (SSSR count). The van der Waals surface area contributed by atoms with Gasteiger partial charge in [0.2, 0.25) is 0 Å². The Hall–Kier alpha value is -1.30. The summed E-state index contributed by atoms with van der Waals surface area (Å²) in [7, 11) is 0. The van der Waals surface area contributed by atoms with Gasteiger partial charge in [0.05, 0.1) is 0 Å². The number of carbonyl (C=O) groups excluding carboxylic acids is 1. The molecular weight excluding hydrogens is 260 g/mol. The molecule has 0 saturated carbocycles. The Morgan fingerprint density at radius 2 is 2.15 bits per heavy atom. The van der Waals surface area contributed by atoms with Crippen LogP contribution in [0.25, 0.3) is 0 Å². The number of aliphatic hydroxyl groups is 1.